The summed E-state index contributed by atoms with van der Waals surface area (Å²) in [6.07, 6.45) is 0.394. The Morgan fingerprint density at radius 2 is 2.08 bits per heavy atom. The van der Waals surface area contributed by atoms with Gasteiger partial charge in [0.25, 0.3) is 0 Å². The number of rotatable bonds is 5. The van der Waals surface area contributed by atoms with Gasteiger partial charge in [-0.2, -0.15) is 0 Å². The second-order valence-electron chi connectivity index (χ2n) is 5.70. The van der Waals surface area contributed by atoms with Gasteiger partial charge in [-0.25, -0.2) is 14.2 Å². The minimum absolute atomic E-state index is 0.225. The molecule has 0 unspecified atom stereocenters. The van der Waals surface area contributed by atoms with Crippen molar-refractivity contribution in [1.29, 1.82) is 0 Å². The molecule has 0 radical (unpaired) electrons. The fourth-order valence-corrected chi connectivity index (χ4v) is 3.35. The maximum atomic E-state index is 14.3. The van der Waals surface area contributed by atoms with E-state index in [9.17, 15) is 9.18 Å². The molecule has 0 amide bonds. The monoisotopic (exact) mass is 355 g/mol. The van der Waals surface area contributed by atoms with Gasteiger partial charge in [-0.1, -0.05) is 29.8 Å². The first-order valence-corrected chi connectivity index (χ1v) is 8.91. The predicted molar refractivity (Wildman–Crippen MR) is 97.4 cm³/mol. The Kier molecular flexibility index (Phi) is 5.24. The van der Waals surface area contributed by atoms with Crippen LogP contribution >= 0.6 is 11.3 Å². The molecule has 0 aliphatic rings. The Morgan fingerprint density at radius 3 is 2.80 bits per heavy atom. The Balaban J connectivity index is 1.78. The van der Waals surface area contributed by atoms with Gasteiger partial charge in [0.05, 0.1) is 22.9 Å². The van der Waals surface area contributed by atoms with Crippen LogP contribution in [0.3, 0.4) is 0 Å². The van der Waals surface area contributed by atoms with Gasteiger partial charge >= 0.3 is 5.97 Å². The standard InChI is InChI=1S/C20H18FNO2S/c1-3-24-20(23)16-8-7-14(17(21)10-16)11-19-22-18(12-25-19)15-6-4-5-13(2)9-15/h4-10,12H,3,11H2,1-2H3. The molecule has 0 bridgehead atoms. The third kappa shape index (κ3) is 4.12. The Morgan fingerprint density at radius 1 is 1.24 bits per heavy atom. The molecule has 5 heteroatoms. The second-order valence-corrected chi connectivity index (χ2v) is 6.64. The average molecular weight is 355 g/mol. The molecule has 128 valence electrons. The normalized spacial score (nSPS) is 10.7. The molecule has 0 saturated carbocycles. The van der Waals surface area contributed by atoms with E-state index < -0.39 is 11.8 Å². The van der Waals surface area contributed by atoms with E-state index in [2.05, 4.69) is 11.1 Å². The minimum Gasteiger partial charge on any atom is -0.462 e. The molecule has 1 heterocycles. The second kappa shape index (κ2) is 7.57. The summed E-state index contributed by atoms with van der Waals surface area (Å²) in [5, 5.41) is 2.81. The highest BCUT2D eigenvalue weighted by molar-refractivity contribution is 7.10. The number of nitrogens with zero attached hydrogens (tertiary/aromatic N) is 1. The molecule has 3 rings (SSSR count). The number of thiazole rings is 1. The van der Waals surface area contributed by atoms with Gasteiger partial charge in [0.2, 0.25) is 0 Å². The summed E-state index contributed by atoms with van der Waals surface area (Å²) in [5.41, 5.74) is 3.86. The molecule has 3 nitrogen and oxygen atoms in total. The van der Waals surface area contributed by atoms with E-state index >= 15 is 0 Å². The predicted octanol–water partition coefficient (Wildman–Crippen LogP) is 5.03. The van der Waals surface area contributed by atoms with E-state index in [0.717, 1.165) is 16.3 Å². The molecule has 0 N–H and O–H groups in total. The highest BCUT2D eigenvalue weighted by atomic mass is 32.1. The van der Waals surface area contributed by atoms with Gasteiger partial charge in [-0.3, -0.25) is 0 Å². The quantitative estimate of drug-likeness (QED) is 0.603. The molecule has 0 aliphatic heterocycles. The van der Waals surface area contributed by atoms with Gasteiger partial charge in [-0.15, -0.1) is 11.3 Å². The lowest BCUT2D eigenvalue weighted by molar-refractivity contribution is 0.0526. The maximum Gasteiger partial charge on any atom is 0.338 e. The smallest absolute Gasteiger partial charge is 0.338 e. The zero-order valence-electron chi connectivity index (χ0n) is 14.1. The maximum absolute atomic E-state index is 14.3. The first-order valence-electron chi connectivity index (χ1n) is 8.04. The summed E-state index contributed by atoms with van der Waals surface area (Å²) in [4.78, 5) is 16.3. The fraction of sp³-hybridized carbons (Fsp3) is 0.200. The lowest BCUT2D eigenvalue weighted by atomic mass is 10.1. The van der Waals surface area contributed by atoms with E-state index in [1.807, 2.05) is 30.5 Å². The molecule has 1 aromatic heterocycles. The third-order valence-corrected chi connectivity index (χ3v) is 4.62. The number of carbonyl (C=O) groups excluding carboxylic acids is 1. The van der Waals surface area contributed by atoms with Crippen molar-refractivity contribution in [3.63, 3.8) is 0 Å². The van der Waals surface area contributed by atoms with Crippen LogP contribution in [0.4, 0.5) is 4.39 Å². The van der Waals surface area contributed by atoms with E-state index in [1.54, 1.807) is 19.1 Å². The number of aromatic nitrogens is 1. The van der Waals surface area contributed by atoms with Crippen LogP contribution in [-0.4, -0.2) is 17.6 Å². The van der Waals surface area contributed by atoms with Crippen molar-refractivity contribution >= 4 is 17.3 Å². The lowest BCUT2D eigenvalue weighted by Gasteiger charge is -2.05. The SMILES string of the molecule is CCOC(=O)c1ccc(Cc2nc(-c3cccc(C)c3)cs2)c(F)c1. The number of ether oxygens (including phenoxy) is 1. The number of hydrogen-bond acceptors (Lipinski definition) is 4. The summed E-state index contributed by atoms with van der Waals surface area (Å²) in [6, 6.07) is 12.6. The van der Waals surface area contributed by atoms with Gasteiger partial charge in [0.15, 0.2) is 0 Å². The van der Waals surface area contributed by atoms with Crippen LogP contribution in [-0.2, 0) is 11.2 Å². The van der Waals surface area contributed by atoms with Crippen LogP contribution < -0.4 is 0 Å². The summed E-state index contributed by atoms with van der Waals surface area (Å²) >= 11 is 1.50. The summed E-state index contributed by atoms with van der Waals surface area (Å²) < 4.78 is 19.2. The number of benzene rings is 2. The van der Waals surface area contributed by atoms with Crippen molar-refractivity contribution in [2.45, 2.75) is 20.3 Å². The van der Waals surface area contributed by atoms with Crippen LogP contribution in [0.1, 0.15) is 33.4 Å². The molecule has 25 heavy (non-hydrogen) atoms. The largest absolute Gasteiger partial charge is 0.462 e. The highest BCUT2D eigenvalue weighted by Crippen LogP contribution is 2.25. The van der Waals surface area contributed by atoms with Crippen molar-refractivity contribution in [3.05, 3.63) is 75.4 Å². The summed E-state index contributed by atoms with van der Waals surface area (Å²) in [7, 11) is 0. The molecule has 0 fully saturated rings. The molecule has 0 aliphatic carbocycles. The first-order chi connectivity index (χ1) is 12.1. The molecule has 2 aromatic carbocycles. The summed E-state index contributed by atoms with van der Waals surface area (Å²) in [6.45, 7) is 4.03. The molecule has 0 saturated heterocycles. The Bertz CT molecular complexity index is 904. The van der Waals surface area contributed by atoms with Crippen molar-refractivity contribution < 1.29 is 13.9 Å². The van der Waals surface area contributed by atoms with Gasteiger partial charge in [-0.05, 0) is 37.6 Å². The van der Waals surface area contributed by atoms with Crippen LogP contribution in [0.25, 0.3) is 11.3 Å². The highest BCUT2D eigenvalue weighted by Gasteiger charge is 2.12. The third-order valence-electron chi connectivity index (χ3n) is 3.77. The number of hydrogen-bond donors (Lipinski definition) is 0. The topological polar surface area (TPSA) is 39.2 Å². The van der Waals surface area contributed by atoms with Crippen LogP contribution in [0.15, 0.2) is 47.8 Å². The van der Waals surface area contributed by atoms with E-state index in [-0.39, 0.29) is 12.2 Å². The number of esters is 1. The van der Waals surface area contributed by atoms with E-state index in [1.165, 1.54) is 23.0 Å². The van der Waals surface area contributed by atoms with Crippen molar-refractivity contribution in [3.8, 4) is 11.3 Å². The zero-order chi connectivity index (χ0) is 17.8. The Labute approximate surface area is 150 Å². The number of halogens is 1. The van der Waals surface area contributed by atoms with Crippen LogP contribution in [0.5, 0.6) is 0 Å². The van der Waals surface area contributed by atoms with Gasteiger partial charge in [0.1, 0.15) is 5.82 Å². The van der Waals surface area contributed by atoms with E-state index in [0.29, 0.717) is 12.0 Å². The molecule has 3 aromatic rings. The van der Waals surface area contributed by atoms with Gasteiger partial charge < -0.3 is 4.74 Å². The fourth-order valence-electron chi connectivity index (χ4n) is 2.52. The van der Waals surface area contributed by atoms with Crippen molar-refractivity contribution in [2.75, 3.05) is 6.61 Å². The molecule has 0 spiro atoms. The summed E-state index contributed by atoms with van der Waals surface area (Å²) in [5.74, 6) is -0.929. The molecular formula is C20H18FNO2S. The van der Waals surface area contributed by atoms with Crippen molar-refractivity contribution in [1.82, 2.24) is 4.98 Å². The van der Waals surface area contributed by atoms with Crippen molar-refractivity contribution in [2.24, 2.45) is 0 Å². The van der Waals surface area contributed by atoms with E-state index in [4.69, 9.17) is 4.74 Å². The average Bonchev–Trinajstić information content (AvgIpc) is 3.05. The molecule has 0 atom stereocenters. The lowest BCUT2D eigenvalue weighted by Crippen LogP contribution is -2.06. The van der Waals surface area contributed by atoms with Crippen LogP contribution in [0.2, 0.25) is 0 Å². The minimum atomic E-state index is -0.510. The Hall–Kier alpha value is -2.53. The van der Waals surface area contributed by atoms with Crippen LogP contribution in [0, 0.1) is 12.7 Å². The first kappa shape index (κ1) is 17.3. The van der Waals surface area contributed by atoms with Gasteiger partial charge in [0, 0.05) is 17.4 Å². The molecular weight excluding hydrogens is 337 g/mol. The zero-order valence-corrected chi connectivity index (χ0v) is 14.9. The number of aryl methyl sites for hydroxylation is 1. The number of carbonyl (C=O) groups is 1.